The summed E-state index contributed by atoms with van der Waals surface area (Å²) in [7, 11) is 3.41. The van der Waals surface area contributed by atoms with Crippen molar-refractivity contribution < 1.29 is 4.79 Å². The highest BCUT2D eigenvalue weighted by atomic mass is 127. The van der Waals surface area contributed by atoms with E-state index in [9.17, 15) is 4.79 Å². The molecule has 0 aromatic heterocycles. The van der Waals surface area contributed by atoms with Crippen molar-refractivity contribution in [1.29, 1.82) is 0 Å². The summed E-state index contributed by atoms with van der Waals surface area (Å²) in [6.45, 7) is 2.53. The highest BCUT2D eigenvalue weighted by Crippen LogP contribution is 2.28. The average molecular weight is 572 g/mol. The molecule has 1 atom stereocenters. The van der Waals surface area contributed by atoms with Crippen LogP contribution < -0.4 is 20.9 Å². The van der Waals surface area contributed by atoms with Crippen LogP contribution in [0, 0.1) is 0 Å². The van der Waals surface area contributed by atoms with Crippen molar-refractivity contribution in [1.82, 2.24) is 16.0 Å². The molecule has 8 heteroatoms. The molecule has 3 N–H and O–H groups in total. The molecule has 2 aromatic carbocycles. The topological polar surface area (TPSA) is 68.8 Å². The van der Waals surface area contributed by atoms with Crippen molar-refractivity contribution in [2.24, 2.45) is 4.99 Å². The maximum Gasteiger partial charge on any atom is 0.251 e. The molecule has 3 rings (SSSR count). The lowest BCUT2D eigenvalue weighted by Crippen LogP contribution is -2.44. The summed E-state index contributed by atoms with van der Waals surface area (Å²) < 4.78 is 1.12. The summed E-state index contributed by atoms with van der Waals surface area (Å²) in [5.41, 5.74) is 2.91. The number of nitrogens with one attached hydrogen (secondary N) is 3. The number of amides is 1. The third kappa shape index (κ3) is 6.33. The monoisotopic (exact) mass is 571 g/mol. The lowest BCUT2D eigenvalue weighted by Gasteiger charge is -2.21. The van der Waals surface area contributed by atoms with Gasteiger partial charge in [0.2, 0.25) is 0 Å². The van der Waals surface area contributed by atoms with Crippen LogP contribution in [0.5, 0.6) is 0 Å². The zero-order valence-corrected chi connectivity index (χ0v) is 20.5. The average Bonchev–Trinajstić information content (AvgIpc) is 3.19. The fraction of sp³-hybridized carbons (Fsp3) is 0.333. The molecule has 156 valence electrons. The second kappa shape index (κ2) is 11.4. The number of halogens is 2. The Balaban J connectivity index is 0.00000300. The number of guanidine groups is 1. The van der Waals surface area contributed by atoms with Gasteiger partial charge in [0.05, 0.1) is 5.69 Å². The summed E-state index contributed by atoms with van der Waals surface area (Å²) in [5.74, 6) is 0.687. The predicted molar refractivity (Wildman–Crippen MR) is 133 cm³/mol. The molecule has 1 unspecified atom stereocenters. The van der Waals surface area contributed by atoms with Gasteiger partial charge in [-0.25, -0.2) is 0 Å². The van der Waals surface area contributed by atoms with Crippen LogP contribution in [0.1, 0.15) is 22.3 Å². The molecule has 1 aliphatic rings. The Morgan fingerprint density at radius 1 is 1.24 bits per heavy atom. The Morgan fingerprint density at radius 2 is 2.03 bits per heavy atom. The summed E-state index contributed by atoms with van der Waals surface area (Å²) in [6, 6.07) is 16.2. The first-order valence-corrected chi connectivity index (χ1v) is 10.2. The van der Waals surface area contributed by atoms with Gasteiger partial charge in [0.25, 0.3) is 5.91 Å². The van der Waals surface area contributed by atoms with Gasteiger partial charge in [-0.05, 0) is 52.2 Å². The number of nitrogens with zero attached hydrogens (tertiary/aromatic N) is 2. The molecule has 1 heterocycles. The number of carbonyl (C=O) groups excluding carboxylic acids is 1. The lowest BCUT2D eigenvalue weighted by atomic mass is 10.1. The zero-order chi connectivity index (χ0) is 19.9. The maximum atomic E-state index is 11.8. The van der Waals surface area contributed by atoms with Crippen molar-refractivity contribution in [3.8, 4) is 0 Å². The van der Waals surface area contributed by atoms with E-state index < -0.39 is 0 Å². The van der Waals surface area contributed by atoms with Crippen LogP contribution in [0.2, 0.25) is 0 Å². The van der Waals surface area contributed by atoms with Crippen LogP contribution in [0.25, 0.3) is 0 Å². The third-order valence-electron chi connectivity index (χ3n) is 4.82. The van der Waals surface area contributed by atoms with Gasteiger partial charge >= 0.3 is 0 Å². The number of hydrogen-bond acceptors (Lipinski definition) is 3. The molecule has 29 heavy (non-hydrogen) atoms. The summed E-state index contributed by atoms with van der Waals surface area (Å²) >= 11 is 3.64. The highest BCUT2D eigenvalue weighted by Gasteiger charge is 2.24. The van der Waals surface area contributed by atoms with Gasteiger partial charge in [-0.1, -0.05) is 24.3 Å². The fourth-order valence-electron chi connectivity index (χ4n) is 3.35. The Kier molecular flexibility index (Phi) is 9.22. The van der Waals surface area contributed by atoms with Gasteiger partial charge in [-0.3, -0.25) is 9.79 Å². The quantitative estimate of drug-likeness (QED) is 0.292. The van der Waals surface area contributed by atoms with Crippen LogP contribution in [-0.4, -0.2) is 45.1 Å². The number of aliphatic imine (C=N–C) groups is 1. The van der Waals surface area contributed by atoms with E-state index in [1.165, 1.54) is 5.69 Å². The molecule has 0 saturated carbocycles. The SMILES string of the molecule is CN=C(NCc1cccc(C(=O)NC)c1)NC1CCN(c2ccccc2Br)C1.I. The highest BCUT2D eigenvalue weighted by molar-refractivity contribution is 14.0. The predicted octanol–water partition coefficient (Wildman–Crippen LogP) is 3.37. The van der Waals surface area contributed by atoms with Crippen LogP contribution in [0.4, 0.5) is 5.69 Å². The normalized spacial score (nSPS) is 16.2. The first-order chi connectivity index (χ1) is 13.6. The number of benzene rings is 2. The van der Waals surface area contributed by atoms with E-state index in [1.54, 1.807) is 14.1 Å². The second-order valence-electron chi connectivity index (χ2n) is 6.73. The fourth-order valence-corrected chi connectivity index (χ4v) is 3.88. The standard InChI is InChI=1S/C21H26BrN5O.HI/c1-23-20(28)16-7-5-6-15(12-16)13-25-21(24-2)26-17-10-11-27(14-17)19-9-4-3-8-18(19)22;/h3-9,12,17H,10-11,13-14H2,1-2H3,(H,23,28)(H2,24,25,26);1H. The molecule has 6 nitrogen and oxygen atoms in total. The van der Waals surface area contributed by atoms with Gasteiger partial charge in [0.1, 0.15) is 0 Å². The molecule has 0 bridgehead atoms. The molecule has 2 aromatic rings. The Labute approximate surface area is 197 Å². The van der Waals surface area contributed by atoms with E-state index in [-0.39, 0.29) is 29.9 Å². The van der Waals surface area contributed by atoms with Crippen molar-refractivity contribution in [2.45, 2.75) is 19.0 Å². The van der Waals surface area contributed by atoms with E-state index in [4.69, 9.17) is 0 Å². The molecule has 0 radical (unpaired) electrons. The van der Waals surface area contributed by atoms with E-state index >= 15 is 0 Å². The first kappa shape index (κ1) is 23.5. The molecular formula is C21H27BrIN5O. The minimum absolute atomic E-state index is 0. The van der Waals surface area contributed by atoms with E-state index in [0.717, 1.165) is 35.5 Å². The minimum atomic E-state index is -0.0810. The van der Waals surface area contributed by atoms with Crippen molar-refractivity contribution in [3.05, 3.63) is 64.1 Å². The van der Waals surface area contributed by atoms with Crippen LogP contribution in [0.3, 0.4) is 0 Å². The largest absolute Gasteiger partial charge is 0.368 e. The van der Waals surface area contributed by atoms with Gasteiger partial charge in [0.15, 0.2) is 5.96 Å². The van der Waals surface area contributed by atoms with Gasteiger partial charge in [-0.15, -0.1) is 24.0 Å². The Hall–Kier alpha value is -1.81. The van der Waals surface area contributed by atoms with Crippen LogP contribution in [-0.2, 0) is 6.54 Å². The van der Waals surface area contributed by atoms with E-state index in [1.807, 2.05) is 30.3 Å². The molecular weight excluding hydrogens is 545 g/mol. The zero-order valence-electron chi connectivity index (χ0n) is 16.6. The van der Waals surface area contributed by atoms with Gasteiger partial charge < -0.3 is 20.9 Å². The summed E-state index contributed by atoms with van der Waals surface area (Å²) in [6.07, 6.45) is 1.05. The molecule has 0 spiro atoms. The summed E-state index contributed by atoms with van der Waals surface area (Å²) in [4.78, 5) is 18.5. The Morgan fingerprint density at radius 3 is 2.76 bits per heavy atom. The first-order valence-electron chi connectivity index (χ1n) is 9.38. The molecule has 1 aliphatic heterocycles. The van der Waals surface area contributed by atoms with Crippen molar-refractivity contribution >= 4 is 57.5 Å². The van der Waals surface area contributed by atoms with Gasteiger partial charge in [-0.2, -0.15) is 0 Å². The van der Waals surface area contributed by atoms with E-state index in [0.29, 0.717) is 18.2 Å². The second-order valence-corrected chi connectivity index (χ2v) is 7.59. The lowest BCUT2D eigenvalue weighted by molar-refractivity contribution is 0.0963. The summed E-state index contributed by atoms with van der Waals surface area (Å²) in [5, 5.41) is 9.50. The third-order valence-corrected chi connectivity index (χ3v) is 5.49. The van der Waals surface area contributed by atoms with Crippen molar-refractivity contribution in [3.63, 3.8) is 0 Å². The molecule has 1 fully saturated rings. The number of carbonyl (C=O) groups is 1. The number of hydrogen-bond donors (Lipinski definition) is 3. The molecule has 1 saturated heterocycles. The van der Waals surface area contributed by atoms with E-state index in [2.05, 4.69) is 60.0 Å². The minimum Gasteiger partial charge on any atom is -0.368 e. The van der Waals surface area contributed by atoms with Crippen LogP contribution >= 0.6 is 39.9 Å². The van der Waals surface area contributed by atoms with Crippen LogP contribution in [0.15, 0.2) is 58.0 Å². The molecule has 0 aliphatic carbocycles. The Bertz CT molecular complexity index is 860. The number of anilines is 1. The molecule has 1 amide bonds. The number of para-hydroxylation sites is 1. The smallest absolute Gasteiger partial charge is 0.251 e. The maximum absolute atomic E-state index is 11.8. The number of rotatable bonds is 5. The van der Waals surface area contributed by atoms with Gasteiger partial charge in [0, 0.05) is 49.8 Å². The van der Waals surface area contributed by atoms with Crippen molar-refractivity contribution in [2.75, 3.05) is 32.1 Å².